The molecule has 2 aliphatic rings. The number of hydrogen-bond acceptors (Lipinski definition) is 3. The van der Waals surface area contributed by atoms with Crippen LogP contribution in [0.3, 0.4) is 0 Å². The Bertz CT molecular complexity index is 220. The van der Waals surface area contributed by atoms with Crippen molar-refractivity contribution in [2.75, 3.05) is 45.8 Å². The Balaban J connectivity index is 1.84. The third-order valence-corrected chi connectivity index (χ3v) is 4.29. The van der Waals surface area contributed by atoms with Crippen LogP contribution in [0.2, 0.25) is 0 Å². The second-order valence-electron chi connectivity index (χ2n) is 5.85. The molecule has 2 unspecified atom stereocenters. The van der Waals surface area contributed by atoms with E-state index in [9.17, 15) is 0 Å². The fourth-order valence-corrected chi connectivity index (χ4v) is 3.33. The summed E-state index contributed by atoms with van der Waals surface area (Å²) in [6.07, 6.45) is 4.25. The van der Waals surface area contributed by atoms with Gasteiger partial charge in [-0.2, -0.15) is 0 Å². The lowest BCUT2D eigenvalue weighted by Gasteiger charge is -2.38. The van der Waals surface area contributed by atoms with Crippen LogP contribution in [0.15, 0.2) is 0 Å². The van der Waals surface area contributed by atoms with E-state index in [1.807, 2.05) is 0 Å². The molecule has 3 nitrogen and oxygen atoms in total. The van der Waals surface area contributed by atoms with Crippen molar-refractivity contribution in [1.29, 1.82) is 0 Å². The Labute approximate surface area is 107 Å². The van der Waals surface area contributed by atoms with Gasteiger partial charge in [0.2, 0.25) is 0 Å². The van der Waals surface area contributed by atoms with E-state index in [1.165, 1.54) is 65.1 Å². The van der Waals surface area contributed by atoms with Crippen LogP contribution in [-0.4, -0.2) is 61.7 Å². The summed E-state index contributed by atoms with van der Waals surface area (Å²) in [5, 5.41) is 3.53. The van der Waals surface area contributed by atoms with Crippen LogP contribution in [0, 0.1) is 5.92 Å². The molecule has 17 heavy (non-hydrogen) atoms. The summed E-state index contributed by atoms with van der Waals surface area (Å²) in [6.45, 7) is 13.4. The van der Waals surface area contributed by atoms with E-state index in [1.54, 1.807) is 0 Å². The van der Waals surface area contributed by atoms with Gasteiger partial charge in [0.05, 0.1) is 0 Å². The summed E-state index contributed by atoms with van der Waals surface area (Å²) in [7, 11) is 0. The first-order chi connectivity index (χ1) is 8.29. The zero-order valence-electron chi connectivity index (χ0n) is 11.6. The second kappa shape index (κ2) is 6.72. The highest BCUT2D eigenvalue weighted by atomic mass is 15.2. The summed E-state index contributed by atoms with van der Waals surface area (Å²) in [5.41, 5.74) is 0. The van der Waals surface area contributed by atoms with Gasteiger partial charge in [-0.05, 0) is 38.4 Å². The van der Waals surface area contributed by atoms with E-state index in [2.05, 4.69) is 29.0 Å². The smallest absolute Gasteiger partial charge is 0.0223 e. The Morgan fingerprint density at radius 3 is 2.94 bits per heavy atom. The molecule has 0 radical (unpaired) electrons. The third-order valence-electron chi connectivity index (χ3n) is 4.29. The van der Waals surface area contributed by atoms with Crippen molar-refractivity contribution in [3.63, 3.8) is 0 Å². The molecule has 100 valence electrons. The summed E-state index contributed by atoms with van der Waals surface area (Å²) >= 11 is 0. The van der Waals surface area contributed by atoms with Crippen molar-refractivity contribution in [2.45, 2.75) is 39.2 Å². The molecule has 1 N–H and O–H groups in total. The maximum absolute atomic E-state index is 3.53. The van der Waals surface area contributed by atoms with Crippen molar-refractivity contribution in [1.82, 2.24) is 15.1 Å². The van der Waals surface area contributed by atoms with Gasteiger partial charge in [0.25, 0.3) is 0 Å². The first kappa shape index (κ1) is 13.3. The molecule has 2 saturated heterocycles. The van der Waals surface area contributed by atoms with Crippen LogP contribution in [0.25, 0.3) is 0 Å². The summed E-state index contributed by atoms with van der Waals surface area (Å²) in [6, 6.07) is 0.819. The van der Waals surface area contributed by atoms with Crippen molar-refractivity contribution in [3.8, 4) is 0 Å². The molecule has 0 aromatic carbocycles. The minimum atomic E-state index is 0.802. The van der Waals surface area contributed by atoms with Crippen LogP contribution in [0.1, 0.15) is 33.1 Å². The Hall–Kier alpha value is -0.120. The molecule has 0 aliphatic carbocycles. The Morgan fingerprint density at radius 1 is 1.24 bits per heavy atom. The minimum Gasteiger partial charge on any atom is -0.315 e. The van der Waals surface area contributed by atoms with Crippen LogP contribution in [0.4, 0.5) is 0 Å². The van der Waals surface area contributed by atoms with Crippen molar-refractivity contribution in [2.24, 2.45) is 5.92 Å². The lowest BCUT2D eigenvalue weighted by molar-refractivity contribution is 0.108. The molecular formula is C14H29N3. The fourth-order valence-electron chi connectivity index (χ4n) is 3.33. The normalized spacial score (nSPS) is 33.5. The van der Waals surface area contributed by atoms with Crippen LogP contribution in [0.5, 0.6) is 0 Å². The number of nitrogens with zero attached hydrogens (tertiary/aromatic N) is 2. The zero-order valence-corrected chi connectivity index (χ0v) is 11.6. The molecule has 0 aromatic heterocycles. The molecule has 0 amide bonds. The molecule has 0 bridgehead atoms. The van der Waals surface area contributed by atoms with Gasteiger partial charge in [-0.15, -0.1) is 0 Å². The predicted octanol–water partition coefficient (Wildman–Crippen LogP) is 1.40. The standard InChI is InChI=1S/C14H29N3/c1-3-17-8-5-4-6-14(17)12-16-9-7-15-10-13(2)11-16/h13-15H,3-12H2,1-2H3. The van der Waals surface area contributed by atoms with Gasteiger partial charge in [-0.1, -0.05) is 20.3 Å². The predicted molar refractivity (Wildman–Crippen MR) is 73.4 cm³/mol. The van der Waals surface area contributed by atoms with Crippen molar-refractivity contribution >= 4 is 0 Å². The maximum Gasteiger partial charge on any atom is 0.0223 e. The third kappa shape index (κ3) is 3.94. The van der Waals surface area contributed by atoms with E-state index in [0.717, 1.165) is 12.0 Å². The molecule has 0 saturated carbocycles. The van der Waals surface area contributed by atoms with Gasteiger partial charge in [0.1, 0.15) is 0 Å². The van der Waals surface area contributed by atoms with Gasteiger partial charge >= 0.3 is 0 Å². The zero-order chi connectivity index (χ0) is 12.1. The Kier molecular flexibility index (Phi) is 5.26. The summed E-state index contributed by atoms with van der Waals surface area (Å²) < 4.78 is 0. The number of nitrogens with one attached hydrogen (secondary N) is 1. The molecule has 0 spiro atoms. The van der Waals surface area contributed by atoms with Crippen LogP contribution < -0.4 is 5.32 Å². The average Bonchev–Trinajstić information content (AvgIpc) is 2.54. The second-order valence-corrected chi connectivity index (χ2v) is 5.85. The number of likely N-dealkylation sites (N-methyl/N-ethyl adjacent to an activating group) is 1. The van der Waals surface area contributed by atoms with Crippen molar-refractivity contribution in [3.05, 3.63) is 0 Å². The van der Waals surface area contributed by atoms with Crippen LogP contribution >= 0.6 is 0 Å². The SMILES string of the molecule is CCN1CCCCC1CN1CCNCC(C)C1. The molecule has 2 aliphatic heterocycles. The summed E-state index contributed by atoms with van der Waals surface area (Å²) in [4.78, 5) is 5.37. The number of rotatable bonds is 3. The fraction of sp³-hybridized carbons (Fsp3) is 1.00. The molecule has 3 heteroatoms. The van der Waals surface area contributed by atoms with E-state index in [0.29, 0.717) is 0 Å². The summed E-state index contributed by atoms with van der Waals surface area (Å²) in [5.74, 6) is 0.802. The van der Waals surface area contributed by atoms with Gasteiger partial charge < -0.3 is 10.2 Å². The van der Waals surface area contributed by atoms with Crippen LogP contribution in [-0.2, 0) is 0 Å². The monoisotopic (exact) mass is 239 g/mol. The number of hydrogen-bond donors (Lipinski definition) is 1. The van der Waals surface area contributed by atoms with Gasteiger partial charge in [-0.25, -0.2) is 0 Å². The average molecular weight is 239 g/mol. The van der Waals surface area contributed by atoms with Gasteiger partial charge in [0, 0.05) is 32.2 Å². The van der Waals surface area contributed by atoms with Gasteiger partial charge in [-0.3, -0.25) is 4.90 Å². The number of piperidine rings is 1. The van der Waals surface area contributed by atoms with E-state index >= 15 is 0 Å². The molecule has 2 fully saturated rings. The highest BCUT2D eigenvalue weighted by Gasteiger charge is 2.24. The Morgan fingerprint density at radius 2 is 2.12 bits per heavy atom. The van der Waals surface area contributed by atoms with E-state index in [4.69, 9.17) is 0 Å². The lowest BCUT2D eigenvalue weighted by Crippen LogP contribution is -2.47. The minimum absolute atomic E-state index is 0.802. The highest BCUT2D eigenvalue weighted by molar-refractivity contribution is 4.81. The molecular weight excluding hydrogens is 210 g/mol. The first-order valence-corrected chi connectivity index (χ1v) is 7.46. The maximum atomic E-state index is 3.53. The lowest BCUT2D eigenvalue weighted by atomic mass is 10.0. The topological polar surface area (TPSA) is 18.5 Å². The van der Waals surface area contributed by atoms with Crippen molar-refractivity contribution < 1.29 is 0 Å². The van der Waals surface area contributed by atoms with Gasteiger partial charge in [0.15, 0.2) is 0 Å². The highest BCUT2D eigenvalue weighted by Crippen LogP contribution is 2.18. The largest absolute Gasteiger partial charge is 0.315 e. The van der Waals surface area contributed by atoms with E-state index in [-0.39, 0.29) is 0 Å². The molecule has 2 heterocycles. The first-order valence-electron chi connectivity index (χ1n) is 7.46. The molecule has 2 rings (SSSR count). The molecule has 0 aromatic rings. The quantitative estimate of drug-likeness (QED) is 0.803. The van der Waals surface area contributed by atoms with E-state index < -0.39 is 0 Å². The number of likely N-dealkylation sites (tertiary alicyclic amines) is 1. The molecule has 2 atom stereocenters.